The molecule has 0 spiro atoms. The van der Waals surface area contributed by atoms with Crippen molar-refractivity contribution >= 4 is 17.8 Å². The molecule has 0 heterocycles. The topological polar surface area (TPSA) is 84.5 Å². The molecule has 3 rings (SSSR count). The third-order valence-corrected chi connectivity index (χ3v) is 5.25. The van der Waals surface area contributed by atoms with Crippen LogP contribution in [0.3, 0.4) is 0 Å². The SMILES string of the molecule is C=CC(=O)[C@H](Cc1ccccc1)NC(=O)[C@H](Cc1ccccc1)NC(=O)OCc1ccccc1. The summed E-state index contributed by atoms with van der Waals surface area (Å²) in [6, 6.07) is 26.3. The number of alkyl carbamates (subject to hydrolysis) is 1. The Kier molecular flexibility index (Phi) is 9.17. The first-order valence-corrected chi connectivity index (χ1v) is 11.1. The van der Waals surface area contributed by atoms with E-state index >= 15 is 0 Å². The zero-order chi connectivity index (χ0) is 24.2. The number of carbonyl (C=O) groups excluding carboxylic acids is 3. The van der Waals surface area contributed by atoms with Gasteiger partial charge in [0.2, 0.25) is 5.91 Å². The third kappa shape index (κ3) is 7.74. The molecule has 0 aromatic heterocycles. The normalized spacial score (nSPS) is 12.1. The fraction of sp³-hybridized carbons (Fsp3) is 0.179. The monoisotopic (exact) mass is 456 g/mol. The maximum atomic E-state index is 13.2. The van der Waals surface area contributed by atoms with E-state index in [4.69, 9.17) is 4.74 Å². The first-order valence-electron chi connectivity index (χ1n) is 11.1. The Morgan fingerprint density at radius 3 is 1.68 bits per heavy atom. The summed E-state index contributed by atoms with van der Waals surface area (Å²) in [5.41, 5.74) is 2.60. The third-order valence-electron chi connectivity index (χ3n) is 5.25. The minimum atomic E-state index is -0.929. The second kappa shape index (κ2) is 12.7. The van der Waals surface area contributed by atoms with Crippen molar-refractivity contribution in [2.24, 2.45) is 0 Å². The van der Waals surface area contributed by atoms with Crippen molar-refractivity contribution in [3.8, 4) is 0 Å². The van der Waals surface area contributed by atoms with Crippen molar-refractivity contribution in [1.82, 2.24) is 10.6 Å². The van der Waals surface area contributed by atoms with Gasteiger partial charge in [-0.3, -0.25) is 9.59 Å². The van der Waals surface area contributed by atoms with Gasteiger partial charge in [-0.1, -0.05) is 97.6 Å². The van der Waals surface area contributed by atoms with Crippen LogP contribution in [-0.4, -0.2) is 29.9 Å². The molecule has 0 saturated carbocycles. The highest BCUT2D eigenvalue weighted by atomic mass is 16.5. The summed E-state index contributed by atoms with van der Waals surface area (Å²) in [7, 11) is 0. The second-order valence-electron chi connectivity index (χ2n) is 7.81. The van der Waals surface area contributed by atoms with Crippen LogP contribution >= 0.6 is 0 Å². The molecule has 0 saturated heterocycles. The predicted octanol–water partition coefficient (Wildman–Crippen LogP) is 4.01. The molecule has 2 amide bonds. The Bertz CT molecular complexity index is 1090. The molecule has 174 valence electrons. The lowest BCUT2D eigenvalue weighted by Gasteiger charge is -2.22. The van der Waals surface area contributed by atoms with Gasteiger partial charge in [-0.15, -0.1) is 0 Å². The van der Waals surface area contributed by atoms with E-state index in [0.717, 1.165) is 16.7 Å². The molecular weight excluding hydrogens is 428 g/mol. The number of ether oxygens (including phenoxy) is 1. The highest BCUT2D eigenvalue weighted by molar-refractivity contribution is 5.98. The number of hydrogen-bond acceptors (Lipinski definition) is 4. The summed E-state index contributed by atoms with van der Waals surface area (Å²) >= 11 is 0. The lowest BCUT2D eigenvalue weighted by atomic mass is 10.0. The van der Waals surface area contributed by atoms with Crippen molar-refractivity contribution < 1.29 is 19.1 Å². The van der Waals surface area contributed by atoms with Crippen molar-refractivity contribution in [2.45, 2.75) is 31.5 Å². The van der Waals surface area contributed by atoms with Crippen LogP contribution in [0.5, 0.6) is 0 Å². The van der Waals surface area contributed by atoms with Gasteiger partial charge in [-0.05, 0) is 22.8 Å². The Labute approximate surface area is 199 Å². The van der Waals surface area contributed by atoms with E-state index in [0.29, 0.717) is 6.42 Å². The van der Waals surface area contributed by atoms with E-state index in [1.165, 1.54) is 6.08 Å². The number of rotatable bonds is 11. The molecule has 0 bridgehead atoms. The predicted molar refractivity (Wildman–Crippen MR) is 131 cm³/mol. The number of nitrogens with one attached hydrogen (secondary N) is 2. The average Bonchev–Trinajstić information content (AvgIpc) is 2.88. The van der Waals surface area contributed by atoms with Gasteiger partial charge in [0.25, 0.3) is 0 Å². The first kappa shape index (κ1) is 24.5. The zero-order valence-corrected chi connectivity index (χ0v) is 18.9. The van der Waals surface area contributed by atoms with Gasteiger partial charge in [0.15, 0.2) is 5.78 Å². The molecule has 0 aliphatic carbocycles. The molecule has 6 heteroatoms. The summed E-state index contributed by atoms with van der Waals surface area (Å²) in [6.45, 7) is 3.64. The van der Waals surface area contributed by atoms with Crippen LogP contribution in [0.15, 0.2) is 104 Å². The summed E-state index contributed by atoms with van der Waals surface area (Å²) in [4.78, 5) is 38.2. The summed E-state index contributed by atoms with van der Waals surface area (Å²) in [5.74, 6) is -0.779. The van der Waals surface area contributed by atoms with Crippen molar-refractivity contribution in [3.05, 3.63) is 120 Å². The number of carbonyl (C=O) groups is 3. The maximum Gasteiger partial charge on any atom is 0.408 e. The summed E-state index contributed by atoms with van der Waals surface area (Å²) in [5, 5.41) is 5.44. The van der Waals surface area contributed by atoms with Gasteiger partial charge in [0.05, 0.1) is 6.04 Å². The average molecular weight is 457 g/mol. The van der Waals surface area contributed by atoms with Crippen molar-refractivity contribution in [2.75, 3.05) is 0 Å². The van der Waals surface area contributed by atoms with Crippen LogP contribution in [-0.2, 0) is 33.8 Å². The fourth-order valence-corrected chi connectivity index (χ4v) is 3.45. The number of amides is 2. The first-order chi connectivity index (χ1) is 16.5. The molecular formula is C28H28N2O4. The van der Waals surface area contributed by atoms with E-state index in [2.05, 4.69) is 17.2 Å². The van der Waals surface area contributed by atoms with Gasteiger partial charge in [0.1, 0.15) is 12.6 Å². The molecule has 2 atom stereocenters. The zero-order valence-electron chi connectivity index (χ0n) is 18.9. The van der Waals surface area contributed by atoms with Crippen molar-refractivity contribution in [3.63, 3.8) is 0 Å². The smallest absolute Gasteiger partial charge is 0.408 e. The van der Waals surface area contributed by atoms with Crippen LogP contribution in [0.2, 0.25) is 0 Å². The molecule has 0 aliphatic heterocycles. The van der Waals surface area contributed by atoms with E-state index in [1.807, 2.05) is 91.0 Å². The van der Waals surface area contributed by atoms with E-state index in [9.17, 15) is 14.4 Å². The minimum absolute atomic E-state index is 0.0813. The van der Waals surface area contributed by atoms with Crippen molar-refractivity contribution in [1.29, 1.82) is 0 Å². The van der Waals surface area contributed by atoms with Crippen LogP contribution in [0.1, 0.15) is 16.7 Å². The molecule has 3 aromatic carbocycles. The largest absolute Gasteiger partial charge is 0.445 e. The van der Waals surface area contributed by atoms with Crippen LogP contribution in [0, 0.1) is 0 Å². The highest BCUT2D eigenvalue weighted by Gasteiger charge is 2.26. The van der Waals surface area contributed by atoms with E-state index in [-0.39, 0.29) is 18.8 Å². The molecule has 0 fully saturated rings. The van der Waals surface area contributed by atoms with Gasteiger partial charge >= 0.3 is 6.09 Å². The maximum absolute atomic E-state index is 13.2. The van der Waals surface area contributed by atoms with Gasteiger partial charge in [0, 0.05) is 12.8 Å². The number of ketones is 1. The molecule has 2 N–H and O–H groups in total. The lowest BCUT2D eigenvalue weighted by Crippen LogP contribution is -2.53. The van der Waals surface area contributed by atoms with E-state index < -0.39 is 24.1 Å². The summed E-state index contributed by atoms with van der Waals surface area (Å²) < 4.78 is 5.30. The number of hydrogen-bond donors (Lipinski definition) is 2. The van der Waals surface area contributed by atoms with Crippen LogP contribution < -0.4 is 10.6 Å². The van der Waals surface area contributed by atoms with E-state index in [1.54, 1.807) is 0 Å². The van der Waals surface area contributed by atoms with Crippen LogP contribution in [0.25, 0.3) is 0 Å². The Hall–Kier alpha value is -4.19. The Morgan fingerprint density at radius 1 is 0.706 bits per heavy atom. The standard InChI is InChI=1S/C28H28N2O4/c1-2-26(31)24(18-21-12-6-3-7-13-21)29-27(32)25(19-22-14-8-4-9-15-22)30-28(33)34-20-23-16-10-5-11-17-23/h2-17,24-25H,1,18-20H2,(H,29,32)(H,30,33)/t24-,25-/m0/s1. The van der Waals surface area contributed by atoms with Crippen LogP contribution in [0.4, 0.5) is 4.79 Å². The molecule has 0 unspecified atom stereocenters. The minimum Gasteiger partial charge on any atom is -0.445 e. The van der Waals surface area contributed by atoms with Gasteiger partial charge in [-0.2, -0.15) is 0 Å². The molecule has 6 nitrogen and oxygen atoms in total. The molecule has 3 aromatic rings. The highest BCUT2D eigenvalue weighted by Crippen LogP contribution is 2.08. The fourth-order valence-electron chi connectivity index (χ4n) is 3.45. The van der Waals surface area contributed by atoms with Gasteiger partial charge in [-0.25, -0.2) is 4.79 Å². The summed E-state index contributed by atoms with van der Waals surface area (Å²) in [6.07, 6.45) is 1.04. The Balaban J connectivity index is 1.71. The second-order valence-corrected chi connectivity index (χ2v) is 7.81. The quantitative estimate of drug-likeness (QED) is 0.427. The Morgan fingerprint density at radius 2 is 1.18 bits per heavy atom. The number of benzene rings is 3. The molecule has 34 heavy (non-hydrogen) atoms. The molecule has 0 radical (unpaired) electrons. The molecule has 0 aliphatic rings. The lowest BCUT2D eigenvalue weighted by molar-refractivity contribution is -0.127. The van der Waals surface area contributed by atoms with Gasteiger partial charge < -0.3 is 15.4 Å².